The third-order valence-electron chi connectivity index (χ3n) is 5.85. The lowest BCUT2D eigenvalue weighted by molar-refractivity contribution is -0.242. The summed E-state index contributed by atoms with van der Waals surface area (Å²) in [5.41, 5.74) is 3.17. The summed E-state index contributed by atoms with van der Waals surface area (Å²) >= 11 is 0. The van der Waals surface area contributed by atoms with Crippen molar-refractivity contribution in [1.29, 1.82) is 0 Å². The number of carbonyl (C=O) groups excluding carboxylic acids is 2. The molecule has 0 saturated heterocycles. The van der Waals surface area contributed by atoms with Gasteiger partial charge in [-0.05, 0) is 76.8 Å². The maximum absolute atomic E-state index is 13.7. The summed E-state index contributed by atoms with van der Waals surface area (Å²) in [4.78, 5) is 32.9. The van der Waals surface area contributed by atoms with Crippen molar-refractivity contribution in [1.82, 2.24) is 5.06 Å². The van der Waals surface area contributed by atoms with Crippen LogP contribution in [0, 0.1) is 20.8 Å². The van der Waals surface area contributed by atoms with E-state index >= 15 is 0 Å². The summed E-state index contributed by atoms with van der Waals surface area (Å²) in [5, 5.41) is 1.23. The molecule has 2 aromatic carbocycles. The Kier molecular flexibility index (Phi) is 8.35. The van der Waals surface area contributed by atoms with Gasteiger partial charge in [0.25, 0.3) is 5.91 Å². The number of rotatable bonds is 10. The van der Waals surface area contributed by atoms with E-state index in [2.05, 4.69) is 0 Å². The van der Waals surface area contributed by atoms with Crippen LogP contribution in [-0.2, 0) is 19.1 Å². The Morgan fingerprint density at radius 1 is 1.03 bits per heavy atom. The molecule has 0 aromatic heterocycles. The van der Waals surface area contributed by atoms with Crippen LogP contribution >= 0.6 is 0 Å². The average Bonchev–Trinajstić information content (AvgIpc) is 2.97. The molecular weight excluding hydrogens is 446 g/mol. The van der Waals surface area contributed by atoms with Crippen molar-refractivity contribution < 1.29 is 28.6 Å². The van der Waals surface area contributed by atoms with Crippen LogP contribution in [0.2, 0.25) is 0 Å². The van der Waals surface area contributed by atoms with Crippen LogP contribution in [0.1, 0.15) is 66.7 Å². The fraction of sp³-hybridized carbons (Fsp3) is 0.429. The number of nitrogens with zero attached hydrogens (tertiary/aromatic N) is 1. The van der Waals surface area contributed by atoms with Gasteiger partial charge in [-0.3, -0.25) is 4.79 Å². The molecule has 0 atom stereocenters. The molecule has 3 rings (SSSR count). The first-order valence-corrected chi connectivity index (χ1v) is 12.0. The van der Waals surface area contributed by atoms with E-state index in [1.165, 1.54) is 5.06 Å². The van der Waals surface area contributed by atoms with Crippen LogP contribution in [-0.4, -0.2) is 42.5 Å². The molecule has 0 saturated carbocycles. The van der Waals surface area contributed by atoms with E-state index in [0.717, 1.165) is 28.7 Å². The number of carbonyl (C=O) groups is 2. The average molecular weight is 482 g/mol. The van der Waals surface area contributed by atoms with Crippen LogP contribution in [0.5, 0.6) is 5.75 Å². The van der Waals surface area contributed by atoms with Gasteiger partial charge in [-0.25, -0.2) is 14.7 Å². The Balaban J connectivity index is 2.11. The molecule has 0 bridgehead atoms. The van der Waals surface area contributed by atoms with Gasteiger partial charge in [0.05, 0.1) is 12.2 Å². The van der Waals surface area contributed by atoms with Gasteiger partial charge in [0.1, 0.15) is 22.6 Å². The van der Waals surface area contributed by atoms with Crippen molar-refractivity contribution in [2.75, 3.05) is 20.0 Å². The molecule has 0 aliphatic carbocycles. The van der Waals surface area contributed by atoms with Gasteiger partial charge in [-0.1, -0.05) is 36.8 Å². The Bertz CT molecular complexity index is 1110. The number of hydrogen-bond donors (Lipinski definition) is 0. The van der Waals surface area contributed by atoms with Crippen LogP contribution in [0.15, 0.2) is 42.2 Å². The number of para-hydroxylation sites is 1. The molecule has 0 fully saturated rings. The standard InChI is InChI=1S/C28H35NO6/c1-8-14-33-22-13-11-10-12-21(22)27(31)35-25-24(23-19(4)15-18(3)16-20(23)5)26(30)29(28(25,6)7)34-17-32-9-2/h10-13,15-16H,8-9,14,17H2,1-7H3. The van der Waals surface area contributed by atoms with Crippen LogP contribution in [0.4, 0.5) is 0 Å². The monoisotopic (exact) mass is 481 g/mol. The van der Waals surface area contributed by atoms with E-state index < -0.39 is 11.5 Å². The van der Waals surface area contributed by atoms with Gasteiger partial charge in [-0.2, -0.15) is 0 Å². The lowest BCUT2D eigenvalue weighted by Gasteiger charge is -2.31. The minimum Gasteiger partial charge on any atom is -0.493 e. The fourth-order valence-electron chi connectivity index (χ4n) is 4.34. The summed E-state index contributed by atoms with van der Waals surface area (Å²) in [7, 11) is 0. The first kappa shape index (κ1) is 26.4. The maximum Gasteiger partial charge on any atom is 0.347 e. The zero-order chi connectivity index (χ0) is 25.8. The summed E-state index contributed by atoms with van der Waals surface area (Å²) < 4.78 is 17.1. The van der Waals surface area contributed by atoms with E-state index in [-0.39, 0.29) is 18.5 Å². The van der Waals surface area contributed by atoms with Gasteiger partial charge >= 0.3 is 5.97 Å². The fourth-order valence-corrected chi connectivity index (χ4v) is 4.34. The second-order valence-corrected chi connectivity index (χ2v) is 9.11. The van der Waals surface area contributed by atoms with E-state index in [0.29, 0.717) is 30.1 Å². The van der Waals surface area contributed by atoms with E-state index in [1.54, 1.807) is 38.1 Å². The zero-order valence-corrected chi connectivity index (χ0v) is 21.7. The minimum atomic E-state index is -1.07. The van der Waals surface area contributed by atoms with Crippen molar-refractivity contribution in [2.24, 2.45) is 0 Å². The van der Waals surface area contributed by atoms with Crippen molar-refractivity contribution in [3.63, 3.8) is 0 Å². The largest absolute Gasteiger partial charge is 0.493 e. The molecule has 2 aromatic rings. The highest BCUT2D eigenvalue weighted by Gasteiger charge is 2.50. The lowest BCUT2D eigenvalue weighted by Crippen LogP contribution is -2.44. The van der Waals surface area contributed by atoms with Gasteiger partial charge < -0.3 is 14.2 Å². The number of ether oxygens (including phenoxy) is 3. The molecule has 1 aliphatic heterocycles. The normalized spacial score (nSPS) is 15.1. The van der Waals surface area contributed by atoms with Crippen LogP contribution in [0.3, 0.4) is 0 Å². The molecule has 1 amide bonds. The number of amides is 1. The highest BCUT2D eigenvalue weighted by Crippen LogP contribution is 2.43. The van der Waals surface area contributed by atoms with Crippen molar-refractivity contribution in [3.8, 4) is 5.75 Å². The molecule has 35 heavy (non-hydrogen) atoms. The van der Waals surface area contributed by atoms with E-state index in [4.69, 9.17) is 19.0 Å². The number of benzene rings is 2. The lowest BCUT2D eigenvalue weighted by atomic mass is 9.91. The summed E-state index contributed by atoms with van der Waals surface area (Å²) in [5.74, 6) is -0.317. The highest BCUT2D eigenvalue weighted by molar-refractivity contribution is 6.23. The predicted octanol–water partition coefficient (Wildman–Crippen LogP) is 5.52. The minimum absolute atomic E-state index is 0.0975. The molecule has 188 valence electrons. The molecule has 7 nitrogen and oxygen atoms in total. The molecule has 0 unspecified atom stereocenters. The summed E-state index contributed by atoms with van der Waals surface area (Å²) in [6, 6.07) is 11.0. The molecular formula is C28H35NO6. The number of aryl methyl sites for hydroxylation is 3. The smallest absolute Gasteiger partial charge is 0.347 e. The van der Waals surface area contributed by atoms with E-state index in [9.17, 15) is 9.59 Å². The second kappa shape index (κ2) is 11.1. The van der Waals surface area contributed by atoms with E-state index in [1.807, 2.05) is 46.8 Å². The first-order valence-electron chi connectivity index (χ1n) is 12.0. The molecule has 0 spiro atoms. The number of hydrogen-bond acceptors (Lipinski definition) is 6. The SMILES string of the molecule is CCCOc1ccccc1C(=O)OC1=C(c2c(C)cc(C)cc2C)C(=O)N(OCOCC)C1(C)C. The first-order chi connectivity index (χ1) is 16.6. The van der Waals surface area contributed by atoms with Crippen molar-refractivity contribution in [3.05, 3.63) is 70.0 Å². The molecule has 1 heterocycles. The van der Waals surface area contributed by atoms with Crippen LogP contribution in [0.25, 0.3) is 5.57 Å². The van der Waals surface area contributed by atoms with Crippen LogP contribution < -0.4 is 4.74 Å². The van der Waals surface area contributed by atoms with Gasteiger partial charge in [0.2, 0.25) is 0 Å². The Labute approximate surface area is 207 Å². The zero-order valence-electron chi connectivity index (χ0n) is 21.7. The van der Waals surface area contributed by atoms with Crippen molar-refractivity contribution in [2.45, 2.75) is 60.4 Å². The van der Waals surface area contributed by atoms with Gasteiger partial charge in [-0.15, -0.1) is 0 Å². The molecule has 0 N–H and O–H groups in total. The third-order valence-corrected chi connectivity index (χ3v) is 5.85. The number of hydroxylamine groups is 2. The summed E-state index contributed by atoms with van der Waals surface area (Å²) in [6.07, 6.45) is 0.804. The predicted molar refractivity (Wildman–Crippen MR) is 134 cm³/mol. The Morgan fingerprint density at radius 2 is 1.69 bits per heavy atom. The second-order valence-electron chi connectivity index (χ2n) is 9.11. The Morgan fingerprint density at radius 3 is 2.31 bits per heavy atom. The Hall–Kier alpha value is -3.16. The molecule has 7 heteroatoms. The quantitative estimate of drug-likeness (QED) is 0.253. The van der Waals surface area contributed by atoms with Gasteiger partial charge in [0.15, 0.2) is 6.79 Å². The topological polar surface area (TPSA) is 74.3 Å². The molecule has 0 radical (unpaired) electrons. The van der Waals surface area contributed by atoms with Gasteiger partial charge in [0, 0.05) is 6.61 Å². The van der Waals surface area contributed by atoms with Crippen molar-refractivity contribution >= 4 is 17.4 Å². The summed E-state index contributed by atoms with van der Waals surface area (Å²) in [6.45, 7) is 14.1. The number of esters is 1. The highest BCUT2D eigenvalue weighted by atomic mass is 16.8. The maximum atomic E-state index is 13.7. The molecule has 1 aliphatic rings. The third kappa shape index (κ3) is 5.41.